The van der Waals surface area contributed by atoms with E-state index in [4.69, 9.17) is 5.73 Å². The molecule has 156 valence electrons. The van der Waals surface area contributed by atoms with Crippen LogP contribution in [0.4, 0.5) is 0 Å². The Bertz CT molecular complexity index is 604. The van der Waals surface area contributed by atoms with Crippen molar-refractivity contribution < 1.29 is 20.1 Å². The maximum absolute atomic E-state index is 10.7. The van der Waals surface area contributed by atoms with Crippen molar-refractivity contribution in [2.24, 2.45) is 17.6 Å². The molecule has 1 aliphatic carbocycles. The van der Waals surface area contributed by atoms with Gasteiger partial charge in [0.05, 0.1) is 18.3 Å². The SMILES string of the molecule is NC(=O)CCC/C=C\C[C@@H]1[C@@H](CC[C@@H](O)CCc2ccccc2)[C@H](O)C[C@@H]1O. The van der Waals surface area contributed by atoms with E-state index in [2.05, 4.69) is 12.1 Å². The van der Waals surface area contributed by atoms with E-state index >= 15 is 0 Å². The topological polar surface area (TPSA) is 104 Å². The second-order valence-corrected chi connectivity index (χ2v) is 8.02. The number of aliphatic hydroxyl groups is 3. The van der Waals surface area contributed by atoms with Gasteiger partial charge < -0.3 is 21.1 Å². The molecule has 0 aromatic heterocycles. The zero-order chi connectivity index (χ0) is 20.4. The summed E-state index contributed by atoms with van der Waals surface area (Å²) >= 11 is 0. The van der Waals surface area contributed by atoms with Gasteiger partial charge in [0.25, 0.3) is 0 Å². The molecule has 2 rings (SSSR count). The summed E-state index contributed by atoms with van der Waals surface area (Å²) in [5.41, 5.74) is 6.35. The van der Waals surface area contributed by atoms with Crippen LogP contribution in [-0.2, 0) is 11.2 Å². The van der Waals surface area contributed by atoms with E-state index in [1.54, 1.807) is 0 Å². The molecule has 0 bridgehead atoms. The highest BCUT2D eigenvalue weighted by molar-refractivity contribution is 5.73. The second-order valence-electron chi connectivity index (χ2n) is 8.02. The van der Waals surface area contributed by atoms with Crippen LogP contribution in [0.1, 0.15) is 56.9 Å². The first-order valence-electron chi connectivity index (χ1n) is 10.5. The normalized spacial score (nSPS) is 26.0. The molecule has 1 amide bonds. The van der Waals surface area contributed by atoms with Crippen molar-refractivity contribution in [1.82, 2.24) is 0 Å². The quantitative estimate of drug-likeness (QED) is 0.326. The second kappa shape index (κ2) is 12.0. The molecule has 0 heterocycles. The highest BCUT2D eigenvalue weighted by atomic mass is 16.3. The van der Waals surface area contributed by atoms with Crippen LogP contribution in [0.3, 0.4) is 0 Å². The summed E-state index contributed by atoms with van der Waals surface area (Å²) in [6.07, 6.45) is 8.58. The summed E-state index contributed by atoms with van der Waals surface area (Å²) in [5, 5.41) is 31.0. The Labute approximate surface area is 168 Å². The molecule has 1 saturated carbocycles. The molecule has 1 aromatic carbocycles. The molecule has 5 atom stereocenters. The van der Waals surface area contributed by atoms with Gasteiger partial charge in [-0.2, -0.15) is 0 Å². The number of benzene rings is 1. The first kappa shape index (κ1) is 22.6. The van der Waals surface area contributed by atoms with Gasteiger partial charge in [-0.15, -0.1) is 0 Å². The lowest BCUT2D eigenvalue weighted by molar-refractivity contribution is -0.118. The van der Waals surface area contributed by atoms with Crippen molar-refractivity contribution in [2.75, 3.05) is 0 Å². The van der Waals surface area contributed by atoms with Crippen molar-refractivity contribution in [1.29, 1.82) is 0 Å². The maximum Gasteiger partial charge on any atom is 0.217 e. The average molecular weight is 390 g/mol. The van der Waals surface area contributed by atoms with E-state index in [9.17, 15) is 20.1 Å². The van der Waals surface area contributed by atoms with E-state index < -0.39 is 18.3 Å². The van der Waals surface area contributed by atoms with Gasteiger partial charge in [-0.3, -0.25) is 4.79 Å². The minimum absolute atomic E-state index is 0.0108. The monoisotopic (exact) mass is 389 g/mol. The molecule has 0 spiro atoms. The molecule has 5 nitrogen and oxygen atoms in total. The third kappa shape index (κ3) is 7.74. The van der Waals surface area contributed by atoms with Gasteiger partial charge in [0.15, 0.2) is 0 Å². The number of carbonyl (C=O) groups excluding carboxylic acids is 1. The number of rotatable bonds is 12. The molecule has 1 aliphatic rings. The van der Waals surface area contributed by atoms with Crippen LogP contribution in [0, 0.1) is 11.8 Å². The predicted molar refractivity (Wildman–Crippen MR) is 110 cm³/mol. The number of aryl methyl sites for hydroxylation is 1. The third-order valence-corrected chi connectivity index (χ3v) is 5.83. The highest BCUT2D eigenvalue weighted by Gasteiger charge is 2.40. The van der Waals surface area contributed by atoms with Gasteiger partial charge in [0.1, 0.15) is 0 Å². The number of hydrogen-bond acceptors (Lipinski definition) is 4. The Balaban J connectivity index is 1.74. The number of nitrogens with two attached hydrogens (primary N) is 1. The summed E-state index contributed by atoms with van der Waals surface area (Å²) in [6, 6.07) is 10.1. The van der Waals surface area contributed by atoms with E-state index in [0.717, 1.165) is 19.3 Å². The minimum Gasteiger partial charge on any atom is -0.393 e. The van der Waals surface area contributed by atoms with Gasteiger partial charge in [-0.1, -0.05) is 42.5 Å². The van der Waals surface area contributed by atoms with Crippen molar-refractivity contribution >= 4 is 5.91 Å². The Hall–Kier alpha value is -1.69. The summed E-state index contributed by atoms with van der Waals surface area (Å²) in [6.45, 7) is 0. The van der Waals surface area contributed by atoms with Crippen molar-refractivity contribution in [2.45, 2.75) is 76.1 Å². The van der Waals surface area contributed by atoms with Crippen LogP contribution in [0.2, 0.25) is 0 Å². The van der Waals surface area contributed by atoms with Gasteiger partial charge in [0.2, 0.25) is 5.91 Å². The van der Waals surface area contributed by atoms with Crippen molar-refractivity contribution in [3.8, 4) is 0 Å². The Kier molecular flexibility index (Phi) is 9.68. The van der Waals surface area contributed by atoms with E-state index in [-0.39, 0.29) is 17.7 Å². The fraction of sp³-hybridized carbons (Fsp3) is 0.609. The molecule has 0 aliphatic heterocycles. The summed E-state index contributed by atoms with van der Waals surface area (Å²) in [4.78, 5) is 10.7. The molecular formula is C23H35NO4. The number of unbranched alkanes of at least 4 members (excludes halogenated alkanes) is 1. The fourth-order valence-electron chi connectivity index (χ4n) is 4.18. The van der Waals surface area contributed by atoms with E-state index in [1.165, 1.54) is 5.56 Å². The molecule has 0 radical (unpaired) electrons. The first-order chi connectivity index (χ1) is 13.5. The smallest absolute Gasteiger partial charge is 0.217 e. The van der Waals surface area contributed by atoms with Crippen LogP contribution >= 0.6 is 0 Å². The van der Waals surface area contributed by atoms with Gasteiger partial charge >= 0.3 is 0 Å². The fourth-order valence-corrected chi connectivity index (χ4v) is 4.18. The number of carbonyl (C=O) groups is 1. The number of allylic oxidation sites excluding steroid dienone is 2. The number of aliphatic hydroxyl groups excluding tert-OH is 3. The molecule has 0 unspecified atom stereocenters. The van der Waals surface area contributed by atoms with E-state index in [1.807, 2.05) is 30.4 Å². The summed E-state index contributed by atoms with van der Waals surface area (Å²) in [7, 11) is 0. The number of primary amides is 1. The molecular weight excluding hydrogens is 354 g/mol. The molecule has 28 heavy (non-hydrogen) atoms. The van der Waals surface area contributed by atoms with Crippen LogP contribution in [0.25, 0.3) is 0 Å². The Morgan fingerprint density at radius 3 is 2.54 bits per heavy atom. The zero-order valence-electron chi connectivity index (χ0n) is 16.6. The molecule has 5 heteroatoms. The predicted octanol–water partition coefficient (Wildman–Crippen LogP) is 2.72. The number of hydrogen-bond donors (Lipinski definition) is 4. The molecule has 5 N–H and O–H groups in total. The van der Waals surface area contributed by atoms with Crippen molar-refractivity contribution in [3.05, 3.63) is 48.0 Å². The van der Waals surface area contributed by atoms with Crippen LogP contribution in [0.5, 0.6) is 0 Å². The standard InChI is InChI=1S/C23H35NO4/c24-23(28)11-7-2-1-6-10-19-20(22(27)16-21(19)26)15-14-18(25)13-12-17-8-4-3-5-9-17/h1,3-6,8-9,18-22,25-27H,2,7,10-16H2,(H2,24,28)/b6-1-/t18-,19+,20+,21-,22+/m0/s1. The summed E-state index contributed by atoms with van der Waals surface area (Å²) in [5.74, 6) is -0.256. The van der Waals surface area contributed by atoms with Gasteiger partial charge in [-0.25, -0.2) is 0 Å². The summed E-state index contributed by atoms with van der Waals surface area (Å²) < 4.78 is 0. The van der Waals surface area contributed by atoms with Crippen LogP contribution in [0.15, 0.2) is 42.5 Å². The minimum atomic E-state index is -0.510. The van der Waals surface area contributed by atoms with E-state index in [0.29, 0.717) is 38.5 Å². The average Bonchev–Trinajstić information content (AvgIpc) is 2.94. The van der Waals surface area contributed by atoms with Crippen LogP contribution < -0.4 is 5.73 Å². The zero-order valence-corrected chi connectivity index (χ0v) is 16.6. The highest BCUT2D eigenvalue weighted by Crippen LogP contribution is 2.38. The lowest BCUT2D eigenvalue weighted by Gasteiger charge is -2.23. The molecule has 0 saturated heterocycles. The largest absolute Gasteiger partial charge is 0.393 e. The maximum atomic E-state index is 10.7. The first-order valence-corrected chi connectivity index (χ1v) is 10.5. The van der Waals surface area contributed by atoms with Crippen LogP contribution in [-0.4, -0.2) is 39.5 Å². The lowest BCUT2D eigenvalue weighted by atomic mass is 9.85. The Morgan fingerprint density at radius 2 is 1.82 bits per heavy atom. The molecule has 1 fully saturated rings. The van der Waals surface area contributed by atoms with Gasteiger partial charge in [-0.05, 0) is 68.8 Å². The number of amides is 1. The Morgan fingerprint density at radius 1 is 1.11 bits per heavy atom. The van der Waals surface area contributed by atoms with Gasteiger partial charge in [0, 0.05) is 6.42 Å². The lowest BCUT2D eigenvalue weighted by Crippen LogP contribution is -2.23. The third-order valence-electron chi connectivity index (χ3n) is 5.83. The molecule has 1 aromatic rings. The van der Waals surface area contributed by atoms with Crippen molar-refractivity contribution in [3.63, 3.8) is 0 Å².